The Labute approximate surface area is 236 Å². The van der Waals surface area contributed by atoms with Gasteiger partial charge in [0.25, 0.3) is 0 Å². The van der Waals surface area contributed by atoms with Crippen LogP contribution in [0.3, 0.4) is 0 Å². The van der Waals surface area contributed by atoms with Gasteiger partial charge < -0.3 is 5.11 Å². The second-order valence-electron chi connectivity index (χ2n) is 12.1. The molecule has 0 aromatic carbocycles. The van der Waals surface area contributed by atoms with Crippen molar-refractivity contribution in [2.24, 2.45) is 0 Å². The van der Waals surface area contributed by atoms with Gasteiger partial charge in [0, 0.05) is 0 Å². The Hall–Kier alpha value is -0.300. The Bertz CT molecular complexity index is 426. The molecule has 0 heterocycles. The van der Waals surface area contributed by atoms with Crippen molar-refractivity contribution in [2.75, 3.05) is 6.61 Å². The Morgan fingerprint density at radius 2 is 0.568 bits per heavy atom. The molecule has 0 unspecified atom stereocenters. The molecule has 0 bridgehead atoms. The lowest BCUT2D eigenvalue weighted by Gasteiger charge is -2.08. The Morgan fingerprint density at radius 3 is 0.784 bits per heavy atom. The zero-order chi connectivity index (χ0) is 26.9. The maximum absolute atomic E-state index is 9.40. The standard InChI is InChI=1S/C36H72O/c1-3-5-7-9-11-13-15-17-19-21-23-25-27-29-31-33-36(34-35-37)32-30-28-26-24-22-20-18-16-14-12-10-8-6-4-2/h34,37H,3-33,35H2,1-2H3. The molecule has 0 aromatic rings. The van der Waals surface area contributed by atoms with Crippen molar-refractivity contribution in [1.29, 1.82) is 0 Å². The fourth-order valence-electron chi connectivity index (χ4n) is 5.73. The summed E-state index contributed by atoms with van der Waals surface area (Å²) in [6.07, 6.45) is 45.9. The van der Waals surface area contributed by atoms with E-state index in [0.29, 0.717) is 0 Å². The molecule has 0 amide bonds. The highest BCUT2D eigenvalue weighted by atomic mass is 16.2. The van der Waals surface area contributed by atoms with Gasteiger partial charge in [0.2, 0.25) is 0 Å². The molecule has 0 atom stereocenters. The minimum absolute atomic E-state index is 0.229. The summed E-state index contributed by atoms with van der Waals surface area (Å²) < 4.78 is 0. The molecule has 0 spiro atoms. The Balaban J connectivity index is 3.39. The van der Waals surface area contributed by atoms with Crippen LogP contribution in [0.25, 0.3) is 0 Å². The molecule has 37 heavy (non-hydrogen) atoms. The number of hydrogen-bond donors (Lipinski definition) is 1. The molecule has 1 nitrogen and oxygen atoms in total. The largest absolute Gasteiger partial charge is 0.392 e. The molecule has 0 aromatic heterocycles. The third kappa shape index (κ3) is 31.8. The number of rotatable bonds is 32. The number of unbranched alkanes of at least 4 members (excludes halogenated alkanes) is 27. The molecular weight excluding hydrogens is 448 g/mol. The van der Waals surface area contributed by atoms with Crippen LogP contribution in [0.2, 0.25) is 0 Å². The summed E-state index contributed by atoms with van der Waals surface area (Å²) in [6.45, 7) is 4.83. The lowest BCUT2D eigenvalue weighted by molar-refractivity contribution is 0.340. The zero-order valence-corrected chi connectivity index (χ0v) is 26.2. The summed E-state index contributed by atoms with van der Waals surface area (Å²) in [4.78, 5) is 0. The average Bonchev–Trinajstić information content (AvgIpc) is 2.91. The van der Waals surface area contributed by atoms with Crippen LogP contribution in [-0.4, -0.2) is 11.7 Å². The average molecular weight is 521 g/mol. The second-order valence-corrected chi connectivity index (χ2v) is 12.1. The van der Waals surface area contributed by atoms with E-state index in [4.69, 9.17) is 0 Å². The lowest BCUT2D eigenvalue weighted by Crippen LogP contribution is -1.90. The minimum Gasteiger partial charge on any atom is -0.392 e. The van der Waals surface area contributed by atoms with Gasteiger partial charge in [-0.1, -0.05) is 199 Å². The second kappa shape index (κ2) is 33.7. The van der Waals surface area contributed by atoms with Crippen LogP contribution in [0.15, 0.2) is 11.6 Å². The van der Waals surface area contributed by atoms with E-state index in [-0.39, 0.29) is 6.61 Å². The van der Waals surface area contributed by atoms with Gasteiger partial charge >= 0.3 is 0 Å². The molecule has 0 saturated heterocycles. The van der Waals surface area contributed by atoms with E-state index in [1.807, 2.05) is 0 Å². The quantitative estimate of drug-likeness (QED) is 0.0690. The van der Waals surface area contributed by atoms with Gasteiger partial charge in [0.1, 0.15) is 0 Å². The summed E-state index contributed by atoms with van der Waals surface area (Å²) in [7, 11) is 0. The number of aliphatic hydroxyl groups excluding tert-OH is 1. The van der Waals surface area contributed by atoms with Crippen LogP contribution < -0.4 is 0 Å². The summed E-state index contributed by atoms with van der Waals surface area (Å²) in [5.74, 6) is 0. The Morgan fingerprint density at radius 1 is 0.351 bits per heavy atom. The molecule has 0 saturated carbocycles. The molecule has 0 fully saturated rings. The normalized spacial score (nSPS) is 12.0. The van der Waals surface area contributed by atoms with Gasteiger partial charge in [0.15, 0.2) is 0 Å². The minimum atomic E-state index is 0.229. The predicted molar refractivity (Wildman–Crippen MR) is 170 cm³/mol. The maximum atomic E-state index is 9.40. The highest BCUT2D eigenvalue weighted by Crippen LogP contribution is 2.19. The Kier molecular flexibility index (Phi) is 33.5. The van der Waals surface area contributed by atoms with Gasteiger partial charge in [-0.15, -0.1) is 0 Å². The lowest BCUT2D eigenvalue weighted by atomic mass is 9.98. The van der Waals surface area contributed by atoms with E-state index in [9.17, 15) is 5.11 Å². The van der Waals surface area contributed by atoms with E-state index >= 15 is 0 Å². The molecule has 0 radical (unpaired) electrons. The van der Waals surface area contributed by atoms with E-state index < -0.39 is 0 Å². The van der Waals surface area contributed by atoms with Crippen LogP contribution in [0.1, 0.15) is 213 Å². The SMILES string of the molecule is CCCCCCCCCCCCCCCCCC(=CCO)CCCCCCCCCCCCCCCC. The molecule has 0 aliphatic heterocycles. The number of allylic oxidation sites excluding steroid dienone is 1. The van der Waals surface area contributed by atoms with Crippen LogP contribution in [-0.2, 0) is 0 Å². The third-order valence-electron chi connectivity index (χ3n) is 8.33. The van der Waals surface area contributed by atoms with E-state index in [1.54, 1.807) is 0 Å². The van der Waals surface area contributed by atoms with E-state index in [0.717, 1.165) is 0 Å². The molecule has 1 heteroatoms. The summed E-state index contributed by atoms with van der Waals surface area (Å²) in [5, 5.41) is 9.40. The number of hydrogen-bond acceptors (Lipinski definition) is 1. The molecule has 0 rings (SSSR count). The van der Waals surface area contributed by atoms with Gasteiger partial charge in [-0.3, -0.25) is 0 Å². The highest BCUT2D eigenvalue weighted by molar-refractivity contribution is 5.01. The van der Waals surface area contributed by atoms with Gasteiger partial charge in [0.05, 0.1) is 6.61 Å². The van der Waals surface area contributed by atoms with Crippen LogP contribution >= 0.6 is 0 Å². The van der Waals surface area contributed by atoms with Gasteiger partial charge in [-0.25, -0.2) is 0 Å². The highest BCUT2D eigenvalue weighted by Gasteiger charge is 2.00. The van der Waals surface area contributed by atoms with Gasteiger partial charge in [-0.05, 0) is 25.7 Å². The molecule has 0 aliphatic rings. The van der Waals surface area contributed by atoms with Crippen molar-refractivity contribution in [3.05, 3.63) is 11.6 Å². The predicted octanol–water partition coefficient (Wildman–Crippen LogP) is 13.0. The van der Waals surface area contributed by atoms with Crippen molar-refractivity contribution in [3.63, 3.8) is 0 Å². The maximum Gasteiger partial charge on any atom is 0.0615 e. The third-order valence-corrected chi connectivity index (χ3v) is 8.33. The van der Waals surface area contributed by atoms with E-state index in [1.165, 1.54) is 205 Å². The van der Waals surface area contributed by atoms with Gasteiger partial charge in [-0.2, -0.15) is 0 Å². The number of aliphatic hydroxyl groups is 1. The van der Waals surface area contributed by atoms with Crippen molar-refractivity contribution < 1.29 is 5.11 Å². The van der Waals surface area contributed by atoms with Crippen molar-refractivity contribution >= 4 is 0 Å². The van der Waals surface area contributed by atoms with Crippen molar-refractivity contribution in [1.82, 2.24) is 0 Å². The smallest absolute Gasteiger partial charge is 0.0615 e. The molecular formula is C36H72O. The molecule has 222 valence electrons. The molecule has 0 aliphatic carbocycles. The van der Waals surface area contributed by atoms with Crippen LogP contribution in [0, 0.1) is 0 Å². The first-order valence-electron chi connectivity index (χ1n) is 17.6. The van der Waals surface area contributed by atoms with Crippen molar-refractivity contribution in [2.45, 2.75) is 213 Å². The first kappa shape index (κ1) is 36.7. The van der Waals surface area contributed by atoms with Crippen molar-refractivity contribution in [3.8, 4) is 0 Å². The molecule has 1 N–H and O–H groups in total. The first-order valence-corrected chi connectivity index (χ1v) is 17.6. The van der Waals surface area contributed by atoms with Crippen LogP contribution in [0.4, 0.5) is 0 Å². The topological polar surface area (TPSA) is 20.2 Å². The monoisotopic (exact) mass is 521 g/mol. The summed E-state index contributed by atoms with van der Waals surface area (Å²) in [6, 6.07) is 0. The fourth-order valence-corrected chi connectivity index (χ4v) is 5.73. The van der Waals surface area contributed by atoms with Crippen LogP contribution in [0.5, 0.6) is 0 Å². The summed E-state index contributed by atoms with van der Waals surface area (Å²) >= 11 is 0. The van der Waals surface area contributed by atoms with E-state index in [2.05, 4.69) is 19.9 Å². The fraction of sp³-hybridized carbons (Fsp3) is 0.944. The summed E-state index contributed by atoms with van der Waals surface area (Å²) in [5.41, 5.74) is 1.52. The first-order chi connectivity index (χ1) is 18.3. The zero-order valence-electron chi connectivity index (χ0n) is 26.2.